The normalized spacial score (nSPS) is 16.4. The molecule has 0 atom stereocenters. The Balaban J connectivity index is 1.71. The standard InChI is InChI=1S/C11H15BrN2/c12-10-4-5-11(14-8-10)13-7-6-9-2-1-3-9/h4-5,8-9H,1-3,6-7H2,(H,13,14). The van der Waals surface area contributed by atoms with E-state index in [0.717, 1.165) is 22.8 Å². The Kier molecular flexibility index (Phi) is 3.40. The van der Waals surface area contributed by atoms with Crippen LogP contribution in [0.2, 0.25) is 0 Å². The fraction of sp³-hybridized carbons (Fsp3) is 0.545. The molecule has 2 rings (SSSR count). The number of nitrogens with zero attached hydrogens (tertiary/aromatic N) is 1. The highest BCUT2D eigenvalue weighted by Gasteiger charge is 2.16. The lowest BCUT2D eigenvalue weighted by atomic mass is 9.83. The van der Waals surface area contributed by atoms with Gasteiger partial charge in [0.1, 0.15) is 5.82 Å². The summed E-state index contributed by atoms with van der Waals surface area (Å²) in [6.45, 7) is 1.05. The first-order valence-corrected chi connectivity index (χ1v) is 5.99. The van der Waals surface area contributed by atoms with Gasteiger partial charge in [-0.2, -0.15) is 0 Å². The van der Waals surface area contributed by atoms with Gasteiger partial charge in [0.05, 0.1) is 0 Å². The fourth-order valence-electron chi connectivity index (χ4n) is 1.67. The van der Waals surface area contributed by atoms with Crippen LogP contribution in [0.15, 0.2) is 22.8 Å². The summed E-state index contributed by atoms with van der Waals surface area (Å²) in [6.07, 6.45) is 7.40. The van der Waals surface area contributed by atoms with Crippen LogP contribution < -0.4 is 5.32 Å². The van der Waals surface area contributed by atoms with E-state index in [1.165, 1.54) is 25.7 Å². The number of pyridine rings is 1. The van der Waals surface area contributed by atoms with Gasteiger partial charge in [-0.15, -0.1) is 0 Å². The second-order valence-corrected chi connectivity index (χ2v) is 4.79. The minimum absolute atomic E-state index is 0.970. The molecule has 76 valence electrons. The van der Waals surface area contributed by atoms with Crippen molar-refractivity contribution >= 4 is 21.7 Å². The van der Waals surface area contributed by atoms with Crippen LogP contribution in [0.4, 0.5) is 5.82 Å². The molecule has 0 unspecified atom stereocenters. The number of halogens is 1. The second-order valence-electron chi connectivity index (χ2n) is 3.87. The molecule has 1 aromatic heterocycles. The maximum Gasteiger partial charge on any atom is 0.125 e. The monoisotopic (exact) mass is 254 g/mol. The number of aromatic nitrogens is 1. The quantitative estimate of drug-likeness (QED) is 0.891. The third-order valence-electron chi connectivity index (χ3n) is 2.81. The average Bonchev–Trinajstić information content (AvgIpc) is 2.12. The molecule has 0 aliphatic heterocycles. The van der Waals surface area contributed by atoms with Gasteiger partial charge in [-0.1, -0.05) is 19.3 Å². The van der Waals surface area contributed by atoms with Gasteiger partial charge < -0.3 is 5.32 Å². The Morgan fingerprint density at radius 3 is 2.86 bits per heavy atom. The van der Waals surface area contributed by atoms with Crippen LogP contribution in [-0.4, -0.2) is 11.5 Å². The SMILES string of the molecule is Brc1ccc(NCCC2CCC2)nc1. The predicted molar refractivity (Wildman–Crippen MR) is 62.4 cm³/mol. The summed E-state index contributed by atoms with van der Waals surface area (Å²) in [5.74, 6) is 1.95. The van der Waals surface area contributed by atoms with Crippen LogP contribution in [0.5, 0.6) is 0 Å². The van der Waals surface area contributed by atoms with E-state index < -0.39 is 0 Å². The van der Waals surface area contributed by atoms with Crippen molar-refractivity contribution < 1.29 is 0 Å². The molecular weight excluding hydrogens is 240 g/mol. The smallest absolute Gasteiger partial charge is 0.125 e. The van der Waals surface area contributed by atoms with E-state index in [-0.39, 0.29) is 0 Å². The Morgan fingerprint density at radius 1 is 1.43 bits per heavy atom. The molecule has 0 spiro atoms. The van der Waals surface area contributed by atoms with Gasteiger partial charge in [-0.05, 0) is 40.4 Å². The molecular formula is C11H15BrN2. The topological polar surface area (TPSA) is 24.9 Å². The van der Waals surface area contributed by atoms with Crippen molar-refractivity contribution in [3.8, 4) is 0 Å². The largest absolute Gasteiger partial charge is 0.370 e. The predicted octanol–water partition coefficient (Wildman–Crippen LogP) is 3.45. The Hall–Kier alpha value is -0.570. The van der Waals surface area contributed by atoms with E-state index in [1.807, 2.05) is 18.3 Å². The molecule has 0 bridgehead atoms. The van der Waals surface area contributed by atoms with Crippen LogP contribution in [0.1, 0.15) is 25.7 Å². The molecule has 0 amide bonds. The lowest BCUT2D eigenvalue weighted by Crippen LogP contribution is -2.15. The molecule has 1 heterocycles. The molecule has 0 saturated heterocycles. The molecule has 1 aliphatic carbocycles. The van der Waals surface area contributed by atoms with Gasteiger partial charge >= 0.3 is 0 Å². The first kappa shape index (κ1) is 9.97. The summed E-state index contributed by atoms with van der Waals surface area (Å²) >= 11 is 3.37. The molecule has 0 radical (unpaired) electrons. The van der Waals surface area contributed by atoms with E-state index in [1.54, 1.807) is 0 Å². The van der Waals surface area contributed by atoms with Crippen LogP contribution in [-0.2, 0) is 0 Å². The van der Waals surface area contributed by atoms with E-state index in [4.69, 9.17) is 0 Å². The van der Waals surface area contributed by atoms with Crippen molar-refractivity contribution in [2.24, 2.45) is 5.92 Å². The number of hydrogen-bond donors (Lipinski definition) is 1. The maximum atomic E-state index is 4.26. The Morgan fingerprint density at radius 2 is 2.29 bits per heavy atom. The van der Waals surface area contributed by atoms with Crippen molar-refractivity contribution in [1.29, 1.82) is 0 Å². The molecule has 14 heavy (non-hydrogen) atoms. The van der Waals surface area contributed by atoms with Crippen LogP contribution in [0, 0.1) is 5.92 Å². The lowest BCUT2D eigenvalue weighted by molar-refractivity contribution is 0.303. The summed E-state index contributed by atoms with van der Waals surface area (Å²) < 4.78 is 1.03. The summed E-state index contributed by atoms with van der Waals surface area (Å²) in [5, 5.41) is 3.34. The lowest BCUT2D eigenvalue weighted by Gasteiger charge is -2.25. The molecule has 0 aromatic carbocycles. The van der Waals surface area contributed by atoms with Crippen molar-refractivity contribution in [2.75, 3.05) is 11.9 Å². The van der Waals surface area contributed by atoms with Crippen LogP contribution in [0.3, 0.4) is 0 Å². The Bertz CT molecular complexity index is 280. The van der Waals surface area contributed by atoms with Crippen molar-refractivity contribution in [3.63, 3.8) is 0 Å². The van der Waals surface area contributed by atoms with Gasteiger partial charge in [-0.3, -0.25) is 0 Å². The van der Waals surface area contributed by atoms with Gasteiger partial charge in [0, 0.05) is 17.2 Å². The van der Waals surface area contributed by atoms with Crippen molar-refractivity contribution in [2.45, 2.75) is 25.7 Å². The summed E-state index contributed by atoms with van der Waals surface area (Å²) in [4.78, 5) is 4.26. The molecule has 1 fully saturated rings. The van der Waals surface area contributed by atoms with Crippen molar-refractivity contribution in [3.05, 3.63) is 22.8 Å². The Labute approximate surface area is 93.3 Å². The first-order chi connectivity index (χ1) is 6.84. The summed E-state index contributed by atoms with van der Waals surface area (Å²) in [7, 11) is 0. The molecule has 1 aromatic rings. The van der Waals surface area contributed by atoms with Gasteiger partial charge in [0.25, 0.3) is 0 Å². The van der Waals surface area contributed by atoms with E-state index in [2.05, 4.69) is 26.2 Å². The summed E-state index contributed by atoms with van der Waals surface area (Å²) in [5.41, 5.74) is 0. The zero-order valence-corrected chi connectivity index (χ0v) is 9.76. The third-order valence-corrected chi connectivity index (χ3v) is 3.28. The fourth-order valence-corrected chi connectivity index (χ4v) is 1.90. The number of rotatable bonds is 4. The zero-order valence-electron chi connectivity index (χ0n) is 8.17. The number of anilines is 1. The molecule has 3 heteroatoms. The highest BCUT2D eigenvalue weighted by Crippen LogP contribution is 2.29. The minimum atomic E-state index is 0.970. The molecule has 1 N–H and O–H groups in total. The number of nitrogens with one attached hydrogen (secondary N) is 1. The average molecular weight is 255 g/mol. The van der Waals surface area contributed by atoms with Crippen molar-refractivity contribution in [1.82, 2.24) is 4.98 Å². The second kappa shape index (κ2) is 4.78. The van der Waals surface area contributed by atoms with E-state index in [9.17, 15) is 0 Å². The minimum Gasteiger partial charge on any atom is -0.370 e. The highest BCUT2D eigenvalue weighted by atomic mass is 79.9. The molecule has 1 aliphatic rings. The molecule has 1 saturated carbocycles. The highest BCUT2D eigenvalue weighted by molar-refractivity contribution is 9.10. The zero-order chi connectivity index (χ0) is 9.80. The van der Waals surface area contributed by atoms with Crippen LogP contribution >= 0.6 is 15.9 Å². The first-order valence-electron chi connectivity index (χ1n) is 5.20. The maximum absolute atomic E-state index is 4.26. The van der Waals surface area contributed by atoms with Gasteiger partial charge in [0.2, 0.25) is 0 Å². The third kappa shape index (κ3) is 2.71. The van der Waals surface area contributed by atoms with E-state index >= 15 is 0 Å². The van der Waals surface area contributed by atoms with Gasteiger partial charge in [0.15, 0.2) is 0 Å². The summed E-state index contributed by atoms with van der Waals surface area (Å²) in [6, 6.07) is 4.02. The van der Waals surface area contributed by atoms with E-state index in [0.29, 0.717) is 0 Å². The van der Waals surface area contributed by atoms with Gasteiger partial charge in [-0.25, -0.2) is 4.98 Å². The molecule has 2 nitrogen and oxygen atoms in total. The van der Waals surface area contributed by atoms with Crippen LogP contribution in [0.25, 0.3) is 0 Å². The number of hydrogen-bond acceptors (Lipinski definition) is 2.